The number of halogens is 1. The molecule has 2 aliphatic heterocycles. The fourth-order valence-electron chi connectivity index (χ4n) is 4.30. The maximum absolute atomic E-state index is 13.2. The number of fused-ring (bicyclic) bond motifs is 1. The highest BCUT2D eigenvalue weighted by molar-refractivity contribution is 6.30. The second-order valence-electron chi connectivity index (χ2n) is 9.10. The summed E-state index contributed by atoms with van der Waals surface area (Å²) in [5, 5.41) is 9.33. The standard InChI is InChI=1S/C26H31ClN4O5/c1-3-16(2)28-25(33)23(30-24(32)18-7-8-21-22(13-18)36-15-35-21)17-9-11-31(12-10-17)26(34)29-20-6-4-5-19(27)14-20/h4-8,13-14,16-17,23H,3,9-12,15H2,1-2H3,(H,28,33)(H,29,34)(H,30,32)/t16-,23+/m0/s1. The predicted molar refractivity (Wildman–Crippen MR) is 136 cm³/mol. The van der Waals surface area contributed by atoms with Crippen LogP contribution in [0.2, 0.25) is 5.02 Å². The molecule has 36 heavy (non-hydrogen) atoms. The van der Waals surface area contributed by atoms with Gasteiger partial charge in [-0.2, -0.15) is 0 Å². The lowest BCUT2D eigenvalue weighted by Gasteiger charge is -2.36. The summed E-state index contributed by atoms with van der Waals surface area (Å²) in [6.45, 7) is 4.96. The van der Waals surface area contributed by atoms with Crippen molar-refractivity contribution in [2.75, 3.05) is 25.2 Å². The van der Waals surface area contributed by atoms with E-state index in [-0.39, 0.29) is 36.6 Å². The largest absolute Gasteiger partial charge is 0.454 e. The molecule has 10 heteroatoms. The van der Waals surface area contributed by atoms with Crippen molar-refractivity contribution in [3.63, 3.8) is 0 Å². The molecule has 4 rings (SSSR count). The number of hydrogen-bond acceptors (Lipinski definition) is 5. The van der Waals surface area contributed by atoms with Gasteiger partial charge in [-0.25, -0.2) is 4.79 Å². The summed E-state index contributed by atoms with van der Waals surface area (Å²) in [6.07, 6.45) is 1.92. The average Bonchev–Trinajstić information content (AvgIpc) is 3.35. The zero-order chi connectivity index (χ0) is 25.7. The molecule has 9 nitrogen and oxygen atoms in total. The number of anilines is 1. The number of carbonyl (C=O) groups excluding carboxylic acids is 3. The van der Waals surface area contributed by atoms with E-state index in [0.717, 1.165) is 6.42 Å². The summed E-state index contributed by atoms with van der Waals surface area (Å²) >= 11 is 6.01. The predicted octanol–water partition coefficient (Wildman–Crippen LogP) is 4.03. The van der Waals surface area contributed by atoms with Gasteiger partial charge in [0, 0.05) is 35.4 Å². The van der Waals surface area contributed by atoms with Crippen molar-refractivity contribution < 1.29 is 23.9 Å². The van der Waals surface area contributed by atoms with Crippen molar-refractivity contribution >= 4 is 35.1 Å². The van der Waals surface area contributed by atoms with Crippen LogP contribution < -0.4 is 25.4 Å². The highest BCUT2D eigenvalue weighted by Gasteiger charge is 2.34. The summed E-state index contributed by atoms with van der Waals surface area (Å²) in [6, 6.07) is 11.0. The molecule has 0 aromatic heterocycles. The number of carbonyl (C=O) groups is 3. The van der Waals surface area contributed by atoms with E-state index < -0.39 is 6.04 Å². The van der Waals surface area contributed by atoms with E-state index in [0.29, 0.717) is 53.7 Å². The second-order valence-corrected chi connectivity index (χ2v) is 9.54. The van der Waals surface area contributed by atoms with Gasteiger partial charge in [0.2, 0.25) is 12.7 Å². The highest BCUT2D eigenvalue weighted by atomic mass is 35.5. The maximum Gasteiger partial charge on any atom is 0.321 e. The number of nitrogens with one attached hydrogen (secondary N) is 3. The van der Waals surface area contributed by atoms with Crippen LogP contribution in [0.4, 0.5) is 10.5 Å². The Balaban J connectivity index is 1.41. The van der Waals surface area contributed by atoms with Crippen LogP contribution in [0.15, 0.2) is 42.5 Å². The van der Waals surface area contributed by atoms with Gasteiger partial charge >= 0.3 is 6.03 Å². The lowest BCUT2D eigenvalue weighted by Crippen LogP contribution is -2.55. The Labute approximate surface area is 215 Å². The molecule has 2 atom stereocenters. The van der Waals surface area contributed by atoms with Crippen molar-refractivity contribution in [2.45, 2.75) is 45.2 Å². The number of likely N-dealkylation sites (tertiary alicyclic amines) is 1. The monoisotopic (exact) mass is 514 g/mol. The van der Waals surface area contributed by atoms with E-state index in [9.17, 15) is 14.4 Å². The normalized spacial score (nSPS) is 16.7. The first kappa shape index (κ1) is 25.6. The number of rotatable bonds is 7. The number of urea groups is 1. The van der Waals surface area contributed by atoms with Gasteiger partial charge in [0.25, 0.3) is 5.91 Å². The minimum atomic E-state index is -0.727. The molecule has 2 aromatic rings. The van der Waals surface area contributed by atoms with Gasteiger partial charge in [0.1, 0.15) is 6.04 Å². The summed E-state index contributed by atoms with van der Waals surface area (Å²) in [5.74, 6) is 0.379. The quantitative estimate of drug-likeness (QED) is 0.517. The highest BCUT2D eigenvalue weighted by Crippen LogP contribution is 2.32. The number of nitrogens with zero attached hydrogens (tertiary/aromatic N) is 1. The third-order valence-corrected chi connectivity index (χ3v) is 6.81. The summed E-state index contributed by atoms with van der Waals surface area (Å²) in [5.41, 5.74) is 1.01. The minimum absolute atomic E-state index is 0.0222. The second kappa shape index (κ2) is 11.5. The Morgan fingerprint density at radius 3 is 2.53 bits per heavy atom. The van der Waals surface area contributed by atoms with Gasteiger partial charge in [-0.15, -0.1) is 0 Å². The fourth-order valence-corrected chi connectivity index (χ4v) is 4.49. The van der Waals surface area contributed by atoms with Gasteiger partial charge in [0.05, 0.1) is 0 Å². The van der Waals surface area contributed by atoms with E-state index in [1.54, 1.807) is 47.4 Å². The van der Waals surface area contributed by atoms with E-state index in [2.05, 4.69) is 16.0 Å². The van der Waals surface area contributed by atoms with Crippen LogP contribution in [0, 0.1) is 5.92 Å². The van der Waals surface area contributed by atoms with Crippen molar-refractivity contribution in [3.8, 4) is 11.5 Å². The van der Waals surface area contributed by atoms with Crippen LogP contribution >= 0.6 is 11.6 Å². The van der Waals surface area contributed by atoms with Crippen LogP contribution in [0.1, 0.15) is 43.5 Å². The first-order chi connectivity index (χ1) is 17.3. The Bertz CT molecular complexity index is 1120. The van der Waals surface area contributed by atoms with Crippen LogP contribution in [0.5, 0.6) is 11.5 Å². The first-order valence-electron chi connectivity index (χ1n) is 12.2. The molecule has 0 aliphatic carbocycles. The average molecular weight is 515 g/mol. The van der Waals surface area contributed by atoms with Crippen LogP contribution in [-0.2, 0) is 4.79 Å². The molecule has 192 valence electrons. The number of hydrogen-bond donors (Lipinski definition) is 3. The molecule has 3 N–H and O–H groups in total. The third kappa shape index (κ3) is 6.20. The molecule has 1 fully saturated rings. The van der Waals surface area contributed by atoms with Gasteiger partial charge in [-0.05, 0) is 68.5 Å². The Morgan fingerprint density at radius 2 is 1.81 bits per heavy atom. The molecule has 2 aromatic carbocycles. The van der Waals surface area contributed by atoms with Gasteiger partial charge < -0.3 is 30.3 Å². The summed E-state index contributed by atoms with van der Waals surface area (Å²) in [4.78, 5) is 40.7. The van der Waals surface area contributed by atoms with E-state index in [4.69, 9.17) is 21.1 Å². The molecule has 2 aliphatic rings. The molecule has 0 spiro atoms. The van der Waals surface area contributed by atoms with Crippen LogP contribution in [0.3, 0.4) is 0 Å². The number of benzene rings is 2. The SMILES string of the molecule is CC[C@H](C)NC(=O)[C@H](NC(=O)c1ccc2c(c1)OCO2)C1CCN(C(=O)Nc2cccc(Cl)c2)CC1. The molecule has 2 heterocycles. The van der Waals surface area contributed by atoms with E-state index in [1.807, 2.05) is 13.8 Å². The molecular formula is C26H31ClN4O5. The smallest absolute Gasteiger partial charge is 0.321 e. The lowest BCUT2D eigenvalue weighted by molar-refractivity contribution is -0.125. The summed E-state index contributed by atoms with van der Waals surface area (Å²) < 4.78 is 10.7. The molecule has 0 radical (unpaired) electrons. The van der Waals surface area contributed by atoms with Crippen molar-refractivity contribution in [2.24, 2.45) is 5.92 Å². The van der Waals surface area contributed by atoms with Crippen LogP contribution in [0.25, 0.3) is 0 Å². The fraction of sp³-hybridized carbons (Fsp3) is 0.423. The topological polar surface area (TPSA) is 109 Å². The Morgan fingerprint density at radius 1 is 1.06 bits per heavy atom. The van der Waals surface area contributed by atoms with Crippen molar-refractivity contribution in [1.82, 2.24) is 15.5 Å². The molecular weight excluding hydrogens is 484 g/mol. The molecule has 0 unspecified atom stereocenters. The van der Waals surface area contributed by atoms with E-state index >= 15 is 0 Å². The molecule has 0 bridgehead atoms. The number of piperidine rings is 1. The third-order valence-electron chi connectivity index (χ3n) is 6.58. The zero-order valence-electron chi connectivity index (χ0n) is 20.4. The maximum atomic E-state index is 13.2. The minimum Gasteiger partial charge on any atom is -0.454 e. The van der Waals surface area contributed by atoms with Crippen molar-refractivity contribution in [3.05, 3.63) is 53.1 Å². The lowest BCUT2D eigenvalue weighted by atomic mass is 9.88. The Kier molecular flexibility index (Phi) is 8.20. The molecule has 1 saturated heterocycles. The van der Waals surface area contributed by atoms with Gasteiger partial charge in [0.15, 0.2) is 11.5 Å². The van der Waals surface area contributed by atoms with Crippen molar-refractivity contribution in [1.29, 1.82) is 0 Å². The number of amides is 4. The van der Waals surface area contributed by atoms with Crippen LogP contribution in [-0.4, -0.2) is 54.7 Å². The Hall–Kier alpha value is -3.46. The summed E-state index contributed by atoms with van der Waals surface area (Å²) in [7, 11) is 0. The van der Waals surface area contributed by atoms with Gasteiger partial charge in [-0.3, -0.25) is 9.59 Å². The first-order valence-corrected chi connectivity index (χ1v) is 12.5. The van der Waals surface area contributed by atoms with E-state index in [1.165, 1.54) is 0 Å². The molecule has 4 amide bonds. The molecule has 0 saturated carbocycles. The van der Waals surface area contributed by atoms with Gasteiger partial charge in [-0.1, -0.05) is 24.6 Å². The number of ether oxygens (including phenoxy) is 2. The zero-order valence-corrected chi connectivity index (χ0v) is 21.1.